The molecule has 0 aliphatic rings. The van der Waals surface area contributed by atoms with E-state index in [0.717, 1.165) is 4.88 Å². The number of nitrogens with zero attached hydrogens (tertiary/aromatic N) is 3. The van der Waals surface area contributed by atoms with Crippen LogP contribution in [0.25, 0.3) is 10.6 Å². The molecule has 3 aromatic rings. The van der Waals surface area contributed by atoms with Crippen molar-refractivity contribution < 1.29 is 9.72 Å². The second-order valence-electron chi connectivity index (χ2n) is 5.07. The molecule has 0 saturated carbocycles. The molecule has 1 amide bonds. The maximum atomic E-state index is 12.1. The van der Waals surface area contributed by atoms with Crippen LogP contribution in [0.15, 0.2) is 59.0 Å². The monoisotopic (exact) mass is 356 g/mol. The smallest absolute Gasteiger partial charge is 0.269 e. The third-order valence-corrected chi connectivity index (χ3v) is 4.22. The van der Waals surface area contributed by atoms with Crippen LogP contribution >= 0.6 is 11.3 Å². The van der Waals surface area contributed by atoms with Crippen molar-refractivity contribution in [3.05, 3.63) is 74.6 Å². The number of aromatic nitrogens is 2. The van der Waals surface area contributed by atoms with Gasteiger partial charge in [0.05, 0.1) is 21.8 Å². The molecule has 1 N–H and O–H groups in total. The number of amides is 1. The van der Waals surface area contributed by atoms with Gasteiger partial charge in [-0.05, 0) is 23.6 Å². The molecule has 3 rings (SSSR count). The van der Waals surface area contributed by atoms with Crippen LogP contribution in [0.1, 0.15) is 0 Å². The molecule has 0 radical (unpaired) electrons. The summed E-state index contributed by atoms with van der Waals surface area (Å²) in [7, 11) is 0. The Morgan fingerprint density at radius 3 is 2.64 bits per heavy atom. The molecule has 25 heavy (non-hydrogen) atoms. The van der Waals surface area contributed by atoms with Crippen molar-refractivity contribution in [1.82, 2.24) is 9.55 Å². The first kappa shape index (κ1) is 16.5. The number of hydrogen-bond acceptors (Lipinski definition) is 6. The van der Waals surface area contributed by atoms with E-state index in [1.165, 1.54) is 52.6 Å². The second kappa shape index (κ2) is 7.05. The SMILES string of the molecule is O=C(Cn1cnc(-c2cccs2)cc1=O)Nc1ccc([N+](=O)[O-])cc1. The van der Waals surface area contributed by atoms with Crippen molar-refractivity contribution in [2.75, 3.05) is 5.32 Å². The summed E-state index contributed by atoms with van der Waals surface area (Å²) in [5.41, 5.74) is 0.568. The molecule has 0 saturated heterocycles. The molecular formula is C16H12N4O4S. The summed E-state index contributed by atoms with van der Waals surface area (Å²) in [6.07, 6.45) is 1.33. The van der Waals surface area contributed by atoms with E-state index in [9.17, 15) is 19.7 Å². The Labute approximate surface area is 145 Å². The highest BCUT2D eigenvalue weighted by Crippen LogP contribution is 2.20. The fourth-order valence-corrected chi connectivity index (χ4v) is 2.82. The lowest BCUT2D eigenvalue weighted by Gasteiger charge is -2.07. The number of hydrogen-bond donors (Lipinski definition) is 1. The molecule has 126 valence electrons. The largest absolute Gasteiger partial charge is 0.325 e. The van der Waals surface area contributed by atoms with Crippen molar-refractivity contribution in [3.63, 3.8) is 0 Å². The molecule has 9 heteroatoms. The molecule has 2 aromatic heterocycles. The second-order valence-corrected chi connectivity index (χ2v) is 6.02. The highest BCUT2D eigenvalue weighted by molar-refractivity contribution is 7.13. The van der Waals surface area contributed by atoms with Gasteiger partial charge in [0.1, 0.15) is 6.54 Å². The zero-order valence-corrected chi connectivity index (χ0v) is 13.6. The molecule has 8 nitrogen and oxygen atoms in total. The molecule has 0 spiro atoms. The van der Waals surface area contributed by atoms with Gasteiger partial charge in [0.25, 0.3) is 11.2 Å². The van der Waals surface area contributed by atoms with Crippen molar-refractivity contribution in [2.24, 2.45) is 0 Å². The lowest BCUT2D eigenvalue weighted by Crippen LogP contribution is -2.27. The van der Waals surface area contributed by atoms with E-state index in [1.54, 1.807) is 0 Å². The predicted molar refractivity (Wildman–Crippen MR) is 93.5 cm³/mol. The van der Waals surface area contributed by atoms with Crippen LogP contribution in [0.3, 0.4) is 0 Å². The fourth-order valence-electron chi connectivity index (χ4n) is 2.13. The number of non-ortho nitro benzene ring substituents is 1. The average Bonchev–Trinajstić information content (AvgIpc) is 3.11. The topological polar surface area (TPSA) is 107 Å². The quantitative estimate of drug-likeness (QED) is 0.558. The van der Waals surface area contributed by atoms with E-state index >= 15 is 0 Å². The molecule has 0 aliphatic heterocycles. The molecule has 0 atom stereocenters. The van der Waals surface area contributed by atoms with Gasteiger partial charge in [-0.2, -0.15) is 0 Å². The highest BCUT2D eigenvalue weighted by Gasteiger charge is 2.09. The van der Waals surface area contributed by atoms with Crippen LogP contribution in [-0.4, -0.2) is 20.4 Å². The standard InChI is InChI=1S/C16H12N4O4S/c21-15(18-11-3-5-12(6-4-11)20(23)24)9-19-10-17-13(8-16(19)22)14-2-1-7-25-14/h1-8,10H,9H2,(H,18,21). The van der Waals surface area contributed by atoms with Crippen LogP contribution in [0.4, 0.5) is 11.4 Å². The van der Waals surface area contributed by atoms with Gasteiger partial charge in [-0.3, -0.25) is 24.3 Å². The van der Waals surface area contributed by atoms with Gasteiger partial charge in [0.15, 0.2) is 0 Å². The number of benzene rings is 1. The molecular weight excluding hydrogens is 344 g/mol. The Kier molecular flexibility index (Phi) is 4.66. The Hall–Kier alpha value is -3.33. The summed E-state index contributed by atoms with van der Waals surface area (Å²) in [6, 6.07) is 10.5. The lowest BCUT2D eigenvalue weighted by molar-refractivity contribution is -0.384. The Morgan fingerprint density at radius 2 is 2.04 bits per heavy atom. The number of rotatable bonds is 5. The van der Waals surface area contributed by atoms with E-state index in [0.29, 0.717) is 11.4 Å². The Bertz CT molecular complexity index is 965. The van der Waals surface area contributed by atoms with Crippen molar-refractivity contribution in [2.45, 2.75) is 6.54 Å². The van der Waals surface area contributed by atoms with Gasteiger partial charge in [0, 0.05) is 23.9 Å². The zero-order valence-electron chi connectivity index (χ0n) is 12.8. The van der Waals surface area contributed by atoms with Crippen LogP contribution in [-0.2, 0) is 11.3 Å². The van der Waals surface area contributed by atoms with E-state index in [1.807, 2.05) is 17.5 Å². The van der Waals surface area contributed by atoms with Crippen LogP contribution in [0.5, 0.6) is 0 Å². The van der Waals surface area contributed by atoms with Crippen molar-refractivity contribution in [1.29, 1.82) is 0 Å². The number of nitro benzene ring substituents is 1. The molecule has 2 heterocycles. The summed E-state index contributed by atoms with van der Waals surface area (Å²) in [5, 5.41) is 15.1. The summed E-state index contributed by atoms with van der Waals surface area (Å²) >= 11 is 1.47. The number of anilines is 1. The van der Waals surface area contributed by atoms with Crippen molar-refractivity contribution in [3.8, 4) is 10.6 Å². The first-order valence-electron chi connectivity index (χ1n) is 7.17. The number of thiophene rings is 1. The number of nitrogens with one attached hydrogen (secondary N) is 1. The normalized spacial score (nSPS) is 10.4. The van der Waals surface area contributed by atoms with E-state index in [-0.39, 0.29) is 17.8 Å². The molecule has 0 aliphatic carbocycles. The van der Waals surface area contributed by atoms with E-state index < -0.39 is 10.8 Å². The minimum atomic E-state index is -0.522. The summed E-state index contributed by atoms with van der Waals surface area (Å²) in [4.78, 5) is 39.3. The van der Waals surface area contributed by atoms with Crippen LogP contribution in [0, 0.1) is 10.1 Å². The lowest BCUT2D eigenvalue weighted by atomic mass is 10.3. The maximum absolute atomic E-state index is 12.1. The van der Waals surface area contributed by atoms with E-state index in [2.05, 4.69) is 10.3 Å². The van der Waals surface area contributed by atoms with Crippen molar-refractivity contribution >= 4 is 28.6 Å². The molecule has 0 unspecified atom stereocenters. The van der Waals surface area contributed by atoms with E-state index in [4.69, 9.17) is 0 Å². The van der Waals surface area contributed by atoms with Gasteiger partial charge >= 0.3 is 0 Å². The Balaban J connectivity index is 1.68. The highest BCUT2D eigenvalue weighted by atomic mass is 32.1. The summed E-state index contributed by atoms with van der Waals surface area (Å²) < 4.78 is 1.19. The number of carbonyl (C=O) groups is 1. The van der Waals surface area contributed by atoms with Gasteiger partial charge < -0.3 is 5.32 Å². The fraction of sp³-hybridized carbons (Fsp3) is 0.0625. The molecule has 0 bridgehead atoms. The minimum Gasteiger partial charge on any atom is -0.325 e. The maximum Gasteiger partial charge on any atom is 0.269 e. The zero-order chi connectivity index (χ0) is 17.8. The third kappa shape index (κ3) is 3.96. The summed E-state index contributed by atoms with van der Waals surface area (Å²) in [6.45, 7) is -0.201. The third-order valence-electron chi connectivity index (χ3n) is 3.33. The van der Waals surface area contributed by atoms with Gasteiger partial charge in [-0.15, -0.1) is 11.3 Å². The van der Waals surface area contributed by atoms with Gasteiger partial charge in [-0.25, -0.2) is 4.98 Å². The first-order valence-corrected chi connectivity index (χ1v) is 8.05. The van der Waals surface area contributed by atoms with Crippen LogP contribution < -0.4 is 10.9 Å². The first-order chi connectivity index (χ1) is 12.0. The molecule has 0 fully saturated rings. The average molecular weight is 356 g/mol. The summed E-state index contributed by atoms with van der Waals surface area (Å²) in [5.74, 6) is -0.429. The minimum absolute atomic E-state index is 0.0671. The van der Waals surface area contributed by atoms with Gasteiger partial charge in [0.2, 0.25) is 5.91 Å². The number of carbonyl (C=O) groups excluding carboxylic acids is 1. The van der Waals surface area contributed by atoms with Gasteiger partial charge in [-0.1, -0.05) is 6.07 Å². The van der Waals surface area contributed by atoms with Crippen LogP contribution in [0.2, 0.25) is 0 Å². The predicted octanol–water partition coefficient (Wildman–Crippen LogP) is 2.52. The Morgan fingerprint density at radius 1 is 1.28 bits per heavy atom. The number of nitro groups is 1. The molecule has 1 aromatic carbocycles.